The standard InChI is InChI=1S/C6H5Br.C6H5F/c2*7-6-4-2-1-3-5-6/h2*1-5H. The van der Waals surface area contributed by atoms with Crippen LogP contribution in [0.4, 0.5) is 4.39 Å². The molecule has 0 radical (unpaired) electrons. The highest BCUT2D eigenvalue weighted by Gasteiger charge is 1.77. The van der Waals surface area contributed by atoms with E-state index in [0.29, 0.717) is 0 Å². The number of hydrogen-bond donors (Lipinski definition) is 0. The molecular formula is C12H10BrF. The maximum atomic E-state index is 11.9. The molecule has 2 heteroatoms. The minimum Gasteiger partial charge on any atom is -0.207 e. The van der Waals surface area contributed by atoms with Crippen LogP contribution in [0.2, 0.25) is 0 Å². The van der Waals surface area contributed by atoms with Gasteiger partial charge in [0, 0.05) is 4.47 Å². The zero-order chi connectivity index (χ0) is 10.2. The average Bonchev–Trinajstić information content (AvgIpc) is 2.21. The van der Waals surface area contributed by atoms with Gasteiger partial charge >= 0.3 is 0 Å². The molecule has 0 saturated carbocycles. The zero-order valence-electron chi connectivity index (χ0n) is 7.53. The van der Waals surface area contributed by atoms with Crippen molar-refractivity contribution >= 4 is 15.9 Å². The van der Waals surface area contributed by atoms with Gasteiger partial charge in [-0.2, -0.15) is 0 Å². The number of benzene rings is 2. The van der Waals surface area contributed by atoms with Crippen LogP contribution in [0.3, 0.4) is 0 Å². The molecule has 0 aliphatic carbocycles. The van der Waals surface area contributed by atoms with Gasteiger partial charge in [-0.05, 0) is 24.3 Å². The van der Waals surface area contributed by atoms with Gasteiger partial charge in [-0.3, -0.25) is 0 Å². The van der Waals surface area contributed by atoms with E-state index in [2.05, 4.69) is 15.9 Å². The van der Waals surface area contributed by atoms with Gasteiger partial charge < -0.3 is 0 Å². The largest absolute Gasteiger partial charge is 0.207 e. The van der Waals surface area contributed by atoms with Crippen molar-refractivity contribution in [3.8, 4) is 0 Å². The van der Waals surface area contributed by atoms with Crippen LogP contribution in [0.1, 0.15) is 0 Å². The van der Waals surface area contributed by atoms with Crippen LogP contribution in [0, 0.1) is 5.82 Å². The summed E-state index contributed by atoms with van der Waals surface area (Å²) in [7, 11) is 0. The predicted molar refractivity (Wildman–Crippen MR) is 60.5 cm³/mol. The topological polar surface area (TPSA) is 0 Å². The van der Waals surface area contributed by atoms with Gasteiger partial charge in [-0.1, -0.05) is 52.3 Å². The third-order valence-electron chi connectivity index (χ3n) is 1.47. The summed E-state index contributed by atoms with van der Waals surface area (Å²) in [6.45, 7) is 0. The fourth-order valence-electron chi connectivity index (χ4n) is 0.829. The zero-order valence-corrected chi connectivity index (χ0v) is 9.12. The van der Waals surface area contributed by atoms with Gasteiger partial charge in [-0.25, -0.2) is 4.39 Å². The molecular weight excluding hydrogens is 243 g/mol. The Bertz CT molecular complexity index is 308. The second kappa shape index (κ2) is 6.33. The fourth-order valence-corrected chi connectivity index (χ4v) is 1.13. The molecule has 0 atom stereocenters. The van der Waals surface area contributed by atoms with Crippen LogP contribution in [-0.4, -0.2) is 0 Å². The molecule has 2 aromatic carbocycles. The first kappa shape index (κ1) is 10.9. The molecule has 72 valence electrons. The molecule has 0 saturated heterocycles. The lowest BCUT2D eigenvalue weighted by molar-refractivity contribution is 0.628. The van der Waals surface area contributed by atoms with Gasteiger partial charge in [0.2, 0.25) is 0 Å². The summed E-state index contributed by atoms with van der Waals surface area (Å²) in [6, 6.07) is 17.9. The molecule has 0 spiro atoms. The van der Waals surface area contributed by atoms with Crippen LogP contribution in [0.25, 0.3) is 0 Å². The Morgan fingerprint density at radius 1 is 0.714 bits per heavy atom. The lowest BCUT2D eigenvalue weighted by atomic mass is 10.4. The highest BCUT2D eigenvalue weighted by atomic mass is 79.9. The molecule has 14 heavy (non-hydrogen) atoms. The van der Waals surface area contributed by atoms with Crippen LogP contribution >= 0.6 is 15.9 Å². The maximum absolute atomic E-state index is 11.9. The third-order valence-corrected chi connectivity index (χ3v) is 1.99. The molecule has 0 N–H and O–H groups in total. The molecule has 0 fully saturated rings. The van der Waals surface area contributed by atoms with E-state index in [0.717, 1.165) is 4.47 Å². The summed E-state index contributed by atoms with van der Waals surface area (Å²) in [5, 5.41) is 0. The van der Waals surface area contributed by atoms with Gasteiger partial charge in [0.15, 0.2) is 0 Å². The van der Waals surface area contributed by atoms with E-state index in [1.807, 2.05) is 30.3 Å². The Hall–Kier alpha value is -1.15. The van der Waals surface area contributed by atoms with Crippen LogP contribution in [0.5, 0.6) is 0 Å². The average molecular weight is 253 g/mol. The summed E-state index contributed by atoms with van der Waals surface area (Å²) >= 11 is 3.31. The van der Waals surface area contributed by atoms with E-state index in [1.54, 1.807) is 18.2 Å². The second-order valence-electron chi connectivity index (χ2n) is 2.59. The Morgan fingerprint density at radius 2 is 1.14 bits per heavy atom. The molecule has 0 heterocycles. The second-order valence-corrected chi connectivity index (χ2v) is 3.51. The molecule has 2 rings (SSSR count). The number of rotatable bonds is 0. The van der Waals surface area contributed by atoms with Gasteiger partial charge in [0.25, 0.3) is 0 Å². The molecule has 2 aromatic rings. The van der Waals surface area contributed by atoms with Crippen molar-refractivity contribution in [1.82, 2.24) is 0 Å². The Morgan fingerprint density at radius 3 is 1.36 bits per heavy atom. The first-order chi connectivity index (χ1) is 6.79. The van der Waals surface area contributed by atoms with E-state index < -0.39 is 0 Å². The van der Waals surface area contributed by atoms with Gasteiger partial charge in [-0.15, -0.1) is 0 Å². The molecule has 0 nitrogen and oxygen atoms in total. The normalized spacial score (nSPS) is 8.71. The molecule has 0 unspecified atom stereocenters. The van der Waals surface area contributed by atoms with Crippen molar-refractivity contribution in [1.29, 1.82) is 0 Å². The monoisotopic (exact) mass is 252 g/mol. The van der Waals surface area contributed by atoms with Crippen molar-refractivity contribution < 1.29 is 4.39 Å². The summed E-state index contributed by atoms with van der Waals surface area (Å²) in [5.41, 5.74) is 0. The molecule has 0 aliphatic rings. The van der Waals surface area contributed by atoms with E-state index in [-0.39, 0.29) is 5.82 Å². The van der Waals surface area contributed by atoms with Crippen molar-refractivity contribution in [2.45, 2.75) is 0 Å². The van der Waals surface area contributed by atoms with Crippen molar-refractivity contribution in [2.24, 2.45) is 0 Å². The predicted octanol–water partition coefficient (Wildman–Crippen LogP) is 4.27. The lowest BCUT2D eigenvalue weighted by Gasteiger charge is -1.80. The molecule has 0 aliphatic heterocycles. The SMILES string of the molecule is Brc1ccccc1.Fc1ccccc1. The van der Waals surface area contributed by atoms with Crippen LogP contribution in [-0.2, 0) is 0 Å². The summed E-state index contributed by atoms with van der Waals surface area (Å²) < 4.78 is 13.0. The smallest absolute Gasteiger partial charge is 0.123 e. The van der Waals surface area contributed by atoms with E-state index >= 15 is 0 Å². The Balaban J connectivity index is 0.000000140. The minimum atomic E-state index is -0.178. The van der Waals surface area contributed by atoms with Crippen molar-refractivity contribution in [3.63, 3.8) is 0 Å². The van der Waals surface area contributed by atoms with Crippen LogP contribution < -0.4 is 0 Å². The van der Waals surface area contributed by atoms with Crippen molar-refractivity contribution in [2.75, 3.05) is 0 Å². The third kappa shape index (κ3) is 4.77. The van der Waals surface area contributed by atoms with Crippen LogP contribution in [0.15, 0.2) is 65.1 Å². The quantitative estimate of drug-likeness (QED) is 0.657. The Kier molecular flexibility index (Phi) is 4.94. The number of hydrogen-bond acceptors (Lipinski definition) is 0. The number of halogens is 2. The van der Waals surface area contributed by atoms with E-state index in [1.165, 1.54) is 12.1 Å². The van der Waals surface area contributed by atoms with Gasteiger partial charge in [0.05, 0.1) is 0 Å². The maximum Gasteiger partial charge on any atom is 0.123 e. The Labute approximate surface area is 91.5 Å². The lowest BCUT2D eigenvalue weighted by Crippen LogP contribution is -1.63. The minimum absolute atomic E-state index is 0.178. The van der Waals surface area contributed by atoms with E-state index in [9.17, 15) is 4.39 Å². The van der Waals surface area contributed by atoms with Gasteiger partial charge in [0.1, 0.15) is 5.82 Å². The molecule has 0 amide bonds. The molecule has 0 aromatic heterocycles. The van der Waals surface area contributed by atoms with Crippen molar-refractivity contribution in [3.05, 3.63) is 71.0 Å². The fraction of sp³-hybridized carbons (Fsp3) is 0. The highest BCUT2D eigenvalue weighted by Crippen LogP contribution is 2.05. The first-order valence-corrected chi connectivity index (χ1v) is 4.99. The molecule has 0 bridgehead atoms. The first-order valence-electron chi connectivity index (χ1n) is 4.20. The summed E-state index contributed by atoms with van der Waals surface area (Å²) in [6.07, 6.45) is 0. The highest BCUT2D eigenvalue weighted by molar-refractivity contribution is 9.10. The summed E-state index contributed by atoms with van der Waals surface area (Å²) in [5.74, 6) is -0.178. The van der Waals surface area contributed by atoms with E-state index in [4.69, 9.17) is 0 Å². The summed E-state index contributed by atoms with van der Waals surface area (Å²) in [4.78, 5) is 0.